The summed E-state index contributed by atoms with van der Waals surface area (Å²) in [7, 11) is 0. The second-order valence-corrected chi connectivity index (χ2v) is 7.84. The minimum Gasteiger partial charge on any atom is -0.147 e. The van der Waals surface area contributed by atoms with E-state index in [9.17, 15) is 0 Å². The van der Waals surface area contributed by atoms with Crippen molar-refractivity contribution in [3.63, 3.8) is 0 Å². The maximum atomic E-state index is 2.30. The van der Waals surface area contributed by atoms with Gasteiger partial charge in [0.2, 0.25) is 0 Å². The molecule has 0 aromatic carbocycles. The lowest BCUT2D eigenvalue weighted by molar-refractivity contribution is 0.597. The summed E-state index contributed by atoms with van der Waals surface area (Å²) in [5.74, 6) is 0. The summed E-state index contributed by atoms with van der Waals surface area (Å²) < 4.78 is 0. The molecule has 20 heavy (non-hydrogen) atoms. The third-order valence-electron chi connectivity index (χ3n) is 4.02. The molecule has 0 aliphatic heterocycles. The first-order chi connectivity index (χ1) is 9.41. The van der Waals surface area contributed by atoms with Crippen molar-refractivity contribution in [1.82, 2.24) is 0 Å². The van der Waals surface area contributed by atoms with Crippen LogP contribution in [-0.2, 0) is 0 Å². The molecule has 121 valence electrons. The first-order valence-electron chi connectivity index (χ1n) is 9.23. The first-order valence-corrected chi connectivity index (χ1v) is 10.9. The van der Waals surface area contributed by atoms with E-state index in [1.807, 2.05) is 0 Å². The minimum atomic E-state index is 0. The normalized spacial score (nSPS) is 10.3. The lowest BCUT2D eigenvalue weighted by Gasteiger charge is -2.02. The average molecular weight is 318 g/mol. The predicted molar refractivity (Wildman–Crippen MR) is 98.6 cm³/mol. The molecular formula is C18H39AlCl. The van der Waals surface area contributed by atoms with Crippen LogP contribution in [-0.4, -0.2) is 15.2 Å². The maximum Gasteiger partial charge on any atom is 0.199 e. The lowest BCUT2D eigenvalue weighted by atomic mass is 10.1. The van der Waals surface area contributed by atoms with Crippen molar-refractivity contribution in [2.24, 2.45) is 0 Å². The molecule has 0 fully saturated rings. The summed E-state index contributed by atoms with van der Waals surface area (Å²) in [4.78, 5) is 0. The fraction of sp³-hybridized carbons (Fsp3) is 1.00. The maximum absolute atomic E-state index is 2.30. The molecule has 0 aromatic rings. The van der Waals surface area contributed by atoms with Gasteiger partial charge in [-0.15, -0.1) is 23.0 Å². The van der Waals surface area contributed by atoms with Gasteiger partial charge < -0.3 is 0 Å². The Bertz CT molecular complexity index is 134. The Hall–Kier alpha value is 0.822. The molecule has 0 bridgehead atoms. The van der Waals surface area contributed by atoms with Gasteiger partial charge in [-0.1, -0.05) is 104 Å². The number of halogens is 1. The molecule has 0 aliphatic carbocycles. The van der Waals surface area contributed by atoms with Crippen LogP contribution in [0.15, 0.2) is 0 Å². The third kappa shape index (κ3) is 21.1. The van der Waals surface area contributed by atoms with Gasteiger partial charge in [-0.05, 0) is 0 Å². The Labute approximate surface area is 142 Å². The zero-order valence-electron chi connectivity index (χ0n) is 14.3. The van der Waals surface area contributed by atoms with E-state index >= 15 is 0 Å². The predicted octanol–water partition coefficient (Wildman–Crippen LogP) is 7.45. The molecule has 0 aromatic heterocycles. The highest BCUT2D eigenvalue weighted by Crippen LogP contribution is 2.11. The number of hydrogen-bond acceptors (Lipinski definition) is 0. The van der Waals surface area contributed by atoms with Gasteiger partial charge in [0, 0.05) is 0 Å². The smallest absolute Gasteiger partial charge is 0.147 e. The van der Waals surface area contributed by atoms with Gasteiger partial charge in [0.1, 0.15) is 0 Å². The third-order valence-corrected chi connectivity index (χ3v) is 5.66. The van der Waals surface area contributed by atoms with Gasteiger partial charge in [-0.3, -0.25) is 0 Å². The van der Waals surface area contributed by atoms with Crippen molar-refractivity contribution in [2.75, 3.05) is 0 Å². The van der Waals surface area contributed by atoms with Crippen LogP contribution < -0.4 is 0 Å². The van der Waals surface area contributed by atoms with Crippen molar-refractivity contribution in [1.29, 1.82) is 0 Å². The van der Waals surface area contributed by atoms with Crippen molar-refractivity contribution in [2.45, 2.75) is 114 Å². The largest absolute Gasteiger partial charge is 0.199 e. The summed E-state index contributed by atoms with van der Waals surface area (Å²) in [5.41, 5.74) is 0. The van der Waals surface area contributed by atoms with Crippen molar-refractivity contribution >= 4 is 27.6 Å². The number of unbranched alkanes of at least 4 members (excludes halogenated alkanes) is 12. The monoisotopic (exact) mass is 317 g/mol. The van der Waals surface area contributed by atoms with E-state index in [-0.39, 0.29) is 12.4 Å². The summed E-state index contributed by atoms with van der Waals surface area (Å²) in [6.07, 6.45) is 20.6. The fourth-order valence-electron chi connectivity index (χ4n) is 2.64. The molecule has 0 unspecified atom stereocenters. The zero-order valence-corrected chi connectivity index (χ0v) is 16.3. The van der Waals surface area contributed by atoms with Crippen LogP contribution in [0.3, 0.4) is 0 Å². The highest BCUT2D eigenvalue weighted by atomic mass is 35.5. The van der Waals surface area contributed by atoms with E-state index in [2.05, 4.69) is 13.8 Å². The van der Waals surface area contributed by atoms with E-state index in [1.165, 1.54) is 89.9 Å². The lowest BCUT2D eigenvalue weighted by Crippen LogP contribution is -1.90. The Kier molecular flexibility index (Phi) is 25.5. The molecule has 0 saturated carbocycles. The SMILES string of the molecule is CCCCCCCC[CH2][Al][CH2]CCCCCCCC.Cl. The molecule has 0 saturated heterocycles. The molecule has 0 amide bonds. The van der Waals surface area contributed by atoms with Crippen molar-refractivity contribution < 1.29 is 0 Å². The van der Waals surface area contributed by atoms with E-state index < -0.39 is 0 Å². The summed E-state index contributed by atoms with van der Waals surface area (Å²) >= 11 is 0.790. The number of rotatable bonds is 16. The molecule has 0 N–H and O–H groups in total. The van der Waals surface area contributed by atoms with Gasteiger partial charge in [0.05, 0.1) is 0 Å². The van der Waals surface area contributed by atoms with Crippen LogP contribution in [0.25, 0.3) is 0 Å². The molecule has 2 heteroatoms. The van der Waals surface area contributed by atoms with Gasteiger partial charge in [0.25, 0.3) is 0 Å². The van der Waals surface area contributed by atoms with Crippen LogP contribution in [0.4, 0.5) is 0 Å². The minimum absolute atomic E-state index is 0. The van der Waals surface area contributed by atoms with E-state index in [4.69, 9.17) is 0 Å². The van der Waals surface area contributed by atoms with Crippen molar-refractivity contribution in [3.05, 3.63) is 0 Å². The second-order valence-electron chi connectivity index (χ2n) is 6.11. The standard InChI is InChI=1S/2C9H19.Al.ClH/c2*1-3-5-7-9-8-6-4-2;;/h2*1,3-9H2,2H3;;1H. The zero-order chi connectivity index (χ0) is 14.0. The molecule has 0 heterocycles. The molecule has 0 rings (SSSR count). The van der Waals surface area contributed by atoms with Crippen LogP contribution >= 0.6 is 12.4 Å². The van der Waals surface area contributed by atoms with Crippen molar-refractivity contribution in [3.8, 4) is 0 Å². The Morgan fingerprint density at radius 2 is 0.750 bits per heavy atom. The second kappa shape index (κ2) is 22.1. The number of hydrogen-bond donors (Lipinski definition) is 0. The molecule has 0 atom stereocenters. The summed E-state index contributed by atoms with van der Waals surface area (Å²) in [6.45, 7) is 4.60. The highest BCUT2D eigenvalue weighted by Gasteiger charge is 1.95. The molecule has 0 aliphatic rings. The molecule has 1 radical (unpaired) electrons. The van der Waals surface area contributed by atoms with Crippen LogP contribution in [0.1, 0.15) is 104 Å². The van der Waals surface area contributed by atoms with E-state index in [0.29, 0.717) is 0 Å². The average Bonchev–Trinajstić information content (AvgIpc) is 2.43. The Balaban J connectivity index is 0. The van der Waals surface area contributed by atoms with Crippen LogP contribution in [0, 0.1) is 0 Å². The fourth-order valence-corrected chi connectivity index (χ4v) is 4.08. The Morgan fingerprint density at radius 3 is 1.10 bits per heavy atom. The van der Waals surface area contributed by atoms with E-state index in [0.717, 1.165) is 15.2 Å². The summed E-state index contributed by atoms with van der Waals surface area (Å²) in [6, 6.07) is 0. The quantitative estimate of drug-likeness (QED) is 0.205. The highest BCUT2D eigenvalue weighted by molar-refractivity contribution is 6.35. The van der Waals surface area contributed by atoms with Gasteiger partial charge >= 0.3 is 0 Å². The van der Waals surface area contributed by atoms with Gasteiger partial charge in [-0.25, -0.2) is 0 Å². The first kappa shape index (κ1) is 23.1. The summed E-state index contributed by atoms with van der Waals surface area (Å²) in [5, 5.41) is 3.15. The molecule has 0 spiro atoms. The van der Waals surface area contributed by atoms with Gasteiger partial charge in [0.15, 0.2) is 15.2 Å². The van der Waals surface area contributed by atoms with Crippen LogP contribution in [0.2, 0.25) is 10.6 Å². The van der Waals surface area contributed by atoms with Gasteiger partial charge in [-0.2, -0.15) is 0 Å². The van der Waals surface area contributed by atoms with Crippen LogP contribution in [0.5, 0.6) is 0 Å². The topological polar surface area (TPSA) is 0 Å². The molecule has 0 nitrogen and oxygen atoms in total. The van der Waals surface area contributed by atoms with E-state index in [1.54, 1.807) is 10.6 Å². The molecular weight excluding hydrogens is 279 g/mol. The Morgan fingerprint density at radius 1 is 0.450 bits per heavy atom.